The zero-order valence-electron chi connectivity index (χ0n) is 8.23. The molecule has 4 heteroatoms. The van der Waals surface area contributed by atoms with E-state index >= 15 is 0 Å². The summed E-state index contributed by atoms with van der Waals surface area (Å²) in [5.74, 6) is -0.0491. The molecule has 0 fully saturated rings. The summed E-state index contributed by atoms with van der Waals surface area (Å²) in [6.45, 7) is 3.69. The van der Waals surface area contributed by atoms with Crippen molar-refractivity contribution in [2.45, 2.75) is 0 Å². The van der Waals surface area contributed by atoms with E-state index in [0.717, 1.165) is 23.8 Å². The highest BCUT2D eigenvalue weighted by Gasteiger charge is 1.87. The standard InChI is InChI=1S/C8H9BrO.C3H4O2/c9-6-7-10-8-4-2-1-3-5-8;1-2-3(4)5/h1-5H,6-7H2;2H,1H2,(H,4,5). The maximum Gasteiger partial charge on any atom is 0.327 e. The minimum Gasteiger partial charge on any atom is -0.493 e. The van der Waals surface area contributed by atoms with Crippen LogP contribution in [0.3, 0.4) is 0 Å². The number of aliphatic carboxylic acids is 1. The van der Waals surface area contributed by atoms with Gasteiger partial charge in [0.25, 0.3) is 0 Å². The lowest BCUT2D eigenvalue weighted by molar-refractivity contribution is -0.131. The van der Waals surface area contributed by atoms with Gasteiger partial charge in [-0.15, -0.1) is 0 Å². The van der Waals surface area contributed by atoms with Gasteiger partial charge in [0, 0.05) is 11.4 Å². The van der Waals surface area contributed by atoms with E-state index in [4.69, 9.17) is 9.84 Å². The Labute approximate surface area is 97.5 Å². The minimum atomic E-state index is -0.981. The molecular weight excluding hydrogens is 260 g/mol. The summed E-state index contributed by atoms with van der Waals surface area (Å²) in [6.07, 6.45) is 0.833. The minimum absolute atomic E-state index is 0.726. The van der Waals surface area contributed by atoms with Gasteiger partial charge < -0.3 is 9.84 Å². The fourth-order valence-electron chi connectivity index (χ4n) is 0.673. The smallest absolute Gasteiger partial charge is 0.327 e. The number of rotatable bonds is 4. The lowest BCUT2D eigenvalue weighted by atomic mass is 10.3. The van der Waals surface area contributed by atoms with Gasteiger partial charge in [-0.3, -0.25) is 0 Å². The summed E-state index contributed by atoms with van der Waals surface area (Å²) in [6, 6.07) is 9.79. The molecule has 0 aliphatic rings. The zero-order valence-corrected chi connectivity index (χ0v) is 9.81. The summed E-state index contributed by atoms with van der Waals surface area (Å²) >= 11 is 3.28. The number of hydrogen-bond donors (Lipinski definition) is 1. The van der Waals surface area contributed by atoms with E-state index in [9.17, 15) is 4.79 Å². The average Bonchev–Trinajstić information content (AvgIpc) is 2.28. The maximum absolute atomic E-state index is 9.25. The van der Waals surface area contributed by atoms with Crippen LogP contribution in [-0.2, 0) is 4.79 Å². The Morgan fingerprint density at radius 2 is 2.00 bits per heavy atom. The second-order valence-electron chi connectivity index (χ2n) is 2.39. The lowest BCUT2D eigenvalue weighted by Crippen LogP contribution is -1.96. The number of benzene rings is 1. The summed E-state index contributed by atoms with van der Waals surface area (Å²) in [5.41, 5.74) is 0. The van der Waals surface area contributed by atoms with Crippen molar-refractivity contribution < 1.29 is 14.6 Å². The molecule has 0 spiro atoms. The van der Waals surface area contributed by atoms with Gasteiger partial charge in [0.2, 0.25) is 0 Å². The summed E-state index contributed by atoms with van der Waals surface area (Å²) in [4.78, 5) is 9.25. The topological polar surface area (TPSA) is 46.5 Å². The van der Waals surface area contributed by atoms with Gasteiger partial charge in [-0.2, -0.15) is 0 Å². The van der Waals surface area contributed by atoms with E-state index in [1.807, 2.05) is 30.3 Å². The fraction of sp³-hybridized carbons (Fsp3) is 0.182. The van der Waals surface area contributed by atoms with Gasteiger partial charge in [-0.1, -0.05) is 40.7 Å². The van der Waals surface area contributed by atoms with Crippen LogP contribution in [0.4, 0.5) is 0 Å². The number of carboxylic acid groups (broad SMARTS) is 1. The molecule has 15 heavy (non-hydrogen) atoms. The first-order valence-corrected chi connectivity index (χ1v) is 5.42. The van der Waals surface area contributed by atoms with Crippen LogP contribution in [0.15, 0.2) is 43.0 Å². The molecule has 82 valence electrons. The van der Waals surface area contributed by atoms with Crippen molar-refractivity contribution in [2.24, 2.45) is 0 Å². The molecule has 1 N–H and O–H groups in total. The Kier molecular flexibility index (Phi) is 8.47. The van der Waals surface area contributed by atoms with Crippen LogP contribution >= 0.6 is 15.9 Å². The van der Waals surface area contributed by atoms with Gasteiger partial charge in [-0.25, -0.2) is 4.79 Å². The van der Waals surface area contributed by atoms with Crippen LogP contribution in [0.1, 0.15) is 0 Å². The molecule has 0 radical (unpaired) electrons. The van der Waals surface area contributed by atoms with E-state index < -0.39 is 5.97 Å². The van der Waals surface area contributed by atoms with E-state index in [-0.39, 0.29) is 0 Å². The van der Waals surface area contributed by atoms with Crippen molar-refractivity contribution >= 4 is 21.9 Å². The number of alkyl halides is 1. The second kappa shape index (κ2) is 9.27. The third-order valence-electron chi connectivity index (χ3n) is 1.26. The van der Waals surface area contributed by atoms with Gasteiger partial charge in [-0.05, 0) is 12.1 Å². The first-order valence-electron chi connectivity index (χ1n) is 4.30. The van der Waals surface area contributed by atoms with Crippen LogP contribution in [0, 0.1) is 0 Å². The Hall–Kier alpha value is -1.29. The van der Waals surface area contributed by atoms with Crippen molar-refractivity contribution in [3.63, 3.8) is 0 Å². The molecule has 0 saturated heterocycles. The Bertz CT molecular complexity index is 285. The van der Waals surface area contributed by atoms with Gasteiger partial charge in [0.15, 0.2) is 0 Å². The maximum atomic E-state index is 9.25. The molecule has 0 aliphatic carbocycles. The van der Waals surface area contributed by atoms with Gasteiger partial charge >= 0.3 is 5.97 Å². The molecule has 1 aromatic rings. The number of carboxylic acids is 1. The first kappa shape index (κ1) is 13.7. The molecule has 1 rings (SSSR count). The van der Waals surface area contributed by atoms with Crippen molar-refractivity contribution in [1.82, 2.24) is 0 Å². The highest BCUT2D eigenvalue weighted by molar-refractivity contribution is 9.09. The molecular formula is C11H13BrO3. The van der Waals surface area contributed by atoms with Crippen LogP contribution in [-0.4, -0.2) is 23.0 Å². The number of ether oxygens (including phenoxy) is 1. The quantitative estimate of drug-likeness (QED) is 0.677. The molecule has 0 atom stereocenters. The Morgan fingerprint density at radius 1 is 1.47 bits per heavy atom. The predicted molar refractivity (Wildman–Crippen MR) is 63.6 cm³/mol. The largest absolute Gasteiger partial charge is 0.493 e. The van der Waals surface area contributed by atoms with Crippen molar-refractivity contribution in [3.8, 4) is 5.75 Å². The number of hydrogen-bond acceptors (Lipinski definition) is 2. The van der Waals surface area contributed by atoms with Crippen LogP contribution in [0.5, 0.6) is 5.75 Å². The predicted octanol–water partition coefficient (Wildman–Crippen LogP) is 2.72. The summed E-state index contributed by atoms with van der Waals surface area (Å²) in [7, 11) is 0. The molecule has 0 amide bonds. The molecule has 0 aromatic heterocycles. The number of halogens is 1. The van der Waals surface area contributed by atoms with Crippen LogP contribution in [0.2, 0.25) is 0 Å². The summed E-state index contributed by atoms with van der Waals surface area (Å²) in [5, 5.41) is 8.48. The monoisotopic (exact) mass is 272 g/mol. The molecule has 1 aromatic carbocycles. The molecule has 3 nitrogen and oxygen atoms in total. The third-order valence-corrected chi connectivity index (χ3v) is 1.59. The zero-order chi connectivity index (χ0) is 11.5. The fourth-order valence-corrected chi connectivity index (χ4v) is 0.835. The Balaban J connectivity index is 0.000000336. The average molecular weight is 273 g/mol. The van der Waals surface area contributed by atoms with Crippen LogP contribution in [0.25, 0.3) is 0 Å². The lowest BCUT2D eigenvalue weighted by Gasteiger charge is -2.01. The molecule has 0 saturated carbocycles. The second-order valence-corrected chi connectivity index (χ2v) is 3.19. The highest BCUT2D eigenvalue weighted by atomic mass is 79.9. The van der Waals surface area contributed by atoms with Crippen molar-refractivity contribution in [2.75, 3.05) is 11.9 Å². The molecule has 0 unspecified atom stereocenters. The molecule has 0 bridgehead atoms. The highest BCUT2D eigenvalue weighted by Crippen LogP contribution is 2.07. The first-order chi connectivity index (χ1) is 7.20. The molecule has 0 aliphatic heterocycles. The third kappa shape index (κ3) is 9.02. The normalized spacial score (nSPS) is 8.33. The van der Waals surface area contributed by atoms with Crippen LogP contribution < -0.4 is 4.74 Å². The van der Waals surface area contributed by atoms with Gasteiger partial charge in [0.05, 0.1) is 6.61 Å². The number of carbonyl (C=O) groups is 1. The Morgan fingerprint density at radius 3 is 2.40 bits per heavy atom. The summed E-state index contributed by atoms with van der Waals surface area (Å²) < 4.78 is 5.31. The molecule has 0 heterocycles. The van der Waals surface area contributed by atoms with Crippen molar-refractivity contribution in [3.05, 3.63) is 43.0 Å². The van der Waals surface area contributed by atoms with Crippen molar-refractivity contribution in [1.29, 1.82) is 0 Å². The van der Waals surface area contributed by atoms with Gasteiger partial charge in [0.1, 0.15) is 5.75 Å². The van der Waals surface area contributed by atoms with E-state index in [1.54, 1.807) is 0 Å². The van der Waals surface area contributed by atoms with E-state index in [1.165, 1.54) is 0 Å². The van der Waals surface area contributed by atoms with E-state index in [0.29, 0.717) is 0 Å². The number of para-hydroxylation sites is 1. The van der Waals surface area contributed by atoms with E-state index in [2.05, 4.69) is 22.5 Å². The SMILES string of the molecule is BrCCOc1ccccc1.C=CC(=O)O.